The largest absolute Gasteiger partial charge is 0.262 e. The molecule has 2 atom stereocenters. The Hall–Kier alpha value is -3.40. The molecule has 0 spiro atoms. The van der Waals surface area contributed by atoms with E-state index < -0.39 is 0 Å². The highest BCUT2D eigenvalue weighted by atomic mass is 15.0. The van der Waals surface area contributed by atoms with Gasteiger partial charge in [-0.25, -0.2) is 15.0 Å². The summed E-state index contributed by atoms with van der Waals surface area (Å²) in [4.78, 5) is 18.9. The van der Waals surface area contributed by atoms with Gasteiger partial charge in [0.25, 0.3) is 0 Å². The first-order valence-corrected chi connectivity index (χ1v) is 10.0. The number of nitrogens with zero attached hydrogens (tertiary/aromatic N) is 4. The van der Waals surface area contributed by atoms with Gasteiger partial charge in [-0.2, -0.15) is 0 Å². The molecule has 4 heteroatoms. The van der Waals surface area contributed by atoms with Crippen molar-refractivity contribution in [3.8, 4) is 34.2 Å². The van der Waals surface area contributed by atoms with E-state index in [9.17, 15) is 0 Å². The molecule has 1 unspecified atom stereocenters. The van der Waals surface area contributed by atoms with Crippen molar-refractivity contribution in [2.75, 3.05) is 0 Å². The third-order valence-corrected chi connectivity index (χ3v) is 5.53. The van der Waals surface area contributed by atoms with Crippen LogP contribution in [0.1, 0.15) is 30.5 Å². The maximum Gasteiger partial charge on any atom is 0.164 e. The molecule has 4 aromatic rings. The molecule has 0 aliphatic heterocycles. The lowest BCUT2D eigenvalue weighted by molar-refractivity contribution is 0.913. The molecule has 29 heavy (non-hydrogen) atoms. The van der Waals surface area contributed by atoms with Crippen molar-refractivity contribution in [2.45, 2.75) is 26.2 Å². The predicted octanol–water partition coefficient (Wildman–Crippen LogP) is 5.70. The highest BCUT2D eigenvalue weighted by molar-refractivity contribution is 5.69. The molecular formula is C25H22N4. The van der Waals surface area contributed by atoms with Gasteiger partial charge >= 0.3 is 0 Å². The van der Waals surface area contributed by atoms with Gasteiger partial charge in [0, 0.05) is 28.6 Å². The first-order chi connectivity index (χ1) is 14.2. The lowest BCUT2D eigenvalue weighted by atomic mass is 10.0. The van der Waals surface area contributed by atoms with Gasteiger partial charge in [0.15, 0.2) is 17.5 Å². The van der Waals surface area contributed by atoms with E-state index in [1.54, 1.807) is 6.20 Å². The molecule has 2 aromatic carbocycles. The molecule has 1 aliphatic rings. The van der Waals surface area contributed by atoms with Crippen LogP contribution in [0.25, 0.3) is 34.2 Å². The molecule has 1 saturated carbocycles. The van der Waals surface area contributed by atoms with Crippen molar-refractivity contribution in [3.63, 3.8) is 0 Å². The summed E-state index contributed by atoms with van der Waals surface area (Å²) >= 11 is 0. The van der Waals surface area contributed by atoms with Crippen molar-refractivity contribution in [2.24, 2.45) is 5.92 Å². The molecule has 0 saturated heterocycles. The highest BCUT2D eigenvalue weighted by Crippen LogP contribution is 2.49. The highest BCUT2D eigenvalue weighted by Gasteiger charge is 2.36. The van der Waals surface area contributed by atoms with Crippen LogP contribution in [0.15, 0.2) is 72.9 Å². The molecule has 4 nitrogen and oxygen atoms in total. The maximum atomic E-state index is 4.89. The summed E-state index contributed by atoms with van der Waals surface area (Å²) in [6, 6.07) is 22.6. The molecular weight excluding hydrogens is 356 g/mol. The van der Waals surface area contributed by atoms with E-state index in [1.807, 2.05) is 49.4 Å². The Morgan fingerprint density at radius 1 is 0.759 bits per heavy atom. The minimum atomic E-state index is 0.592. The number of aryl methyl sites for hydroxylation is 1. The van der Waals surface area contributed by atoms with E-state index in [0.717, 1.165) is 28.2 Å². The fourth-order valence-electron chi connectivity index (χ4n) is 3.81. The monoisotopic (exact) mass is 378 g/mol. The van der Waals surface area contributed by atoms with Gasteiger partial charge in [-0.1, -0.05) is 61.5 Å². The number of aromatic nitrogens is 4. The summed E-state index contributed by atoms with van der Waals surface area (Å²) in [6.45, 7) is 4.28. The first-order valence-electron chi connectivity index (χ1n) is 10.0. The molecule has 2 heterocycles. The number of hydrogen-bond acceptors (Lipinski definition) is 4. The Morgan fingerprint density at radius 3 is 2.14 bits per heavy atom. The van der Waals surface area contributed by atoms with E-state index >= 15 is 0 Å². The Kier molecular flexibility index (Phi) is 4.39. The summed E-state index contributed by atoms with van der Waals surface area (Å²) in [6.07, 6.45) is 3.03. The van der Waals surface area contributed by atoms with E-state index in [-0.39, 0.29) is 0 Å². The second-order valence-electron chi connectivity index (χ2n) is 7.76. The topological polar surface area (TPSA) is 51.6 Å². The number of benzene rings is 2. The van der Waals surface area contributed by atoms with Gasteiger partial charge in [0.05, 0.1) is 0 Å². The van der Waals surface area contributed by atoms with Gasteiger partial charge in [0.1, 0.15) is 0 Å². The Labute approximate surface area is 170 Å². The minimum absolute atomic E-state index is 0.592. The van der Waals surface area contributed by atoms with Gasteiger partial charge < -0.3 is 0 Å². The second-order valence-corrected chi connectivity index (χ2v) is 7.76. The van der Waals surface area contributed by atoms with Gasteiger partial charge in [0.2, 0.25) is 0 Å². The van der Waals surface area contributed by atoms with Crippen LogP contribution in [0.4, 0.5) is 0 Å². The van der Waals surface area contributed by atoms with Gasteiger partial charge in [-0.3, -0.25) is 4.98 Å². The Bertz CT molecular complexity index is 1170. The molecule has 0 radical (unpaired) electrons. The van der Waals surface area contributed by atoms with Crippen LogP contribution in [0.5, 0.6) is 0 Å². The van der Waals surface area contributed by atoms with Crippen molar-refractivity contribution in [1.29, 1.82) is 0 Å². The SMILES string of the molecule is Cc1cc(-c2nc(-c3ccccc3)nc(-c3ccccc3[C@H]3CC3C)n2)ccn1. The molecule has 1 fully saturated rings. The molecule has 2 aromatic heterocycles. The van der Waals surface area contributed by atoms with E-state index in [2.05, 4.69) is 36.2 Å². The molecule has 0 bridgehead atoms. The zero-order chi connectivity index (χ0) is 19.8. The Morgan fingerprint density at radius 2 is 1.41 bits per heavy atom. The fourth-order valence-corrected chi connectivity index (χ4v) is 3.81. The molecule has 0 amide bonds. The van der Waals surface area contributed by atoms with Gasteiger partial charge in [-0.15, -0.1) is 0 Å². The van der Waals surface area contributed by atoms with Crippen molar-refractivity contribution < 1.29 is 0 Å². The molecule has 1 aliphatic carbocycles. The van der Waals surface area contributed by atoms with E-state index in [1.165, 1.54) is 12.0 Å². The van der Waals surface area contributed by atoms with Gasteiger partial charge in [-0.05, 0) is 42.9 Å². The normalized spacial score (nSPS) is 17.9. The van der Waals surface area contributed by atoms with Crippen LogP contribution in [0.2, 0.25) is 0 Å². The summed E-state index contributed by atoms with van der Waals surface area (Å²) < 4.78 is 0. The number of pyridine rings is 1. The van der Waals surface area contributed by atoms with Crippen molar-refractivity contribution >= 4 is 0 Å². The van der Waals surface area contributed by atoms with Crippen LogP contribution in [0.3, 0.4) is 0 Å². The van der Waals surface area contributed by atoms with Crippen LogP contribution < -0.4 is 0 Å². The van der Waals surface area contributed by atoms with Crippen LogP contribution in [-0.4, -0.2) is 19.9 Å². The summed E-state index contributed by atoms with van der Waals surface area (Å²) in [5.41, 5.74) is 5.32. The lowest BCUT2D eigenvalue weighted by Crippen LogP contribution is -2.02. The zero-order valence-electron chi connectivity index (χ0n) is 16.6. The number of hydrogen-bond donors (Lipinski definition) is 0. The maximum absolute atomic E-state index is 4.89. The second kappa shape index (κ2) is 7.21. The van der Waals surface area contributed by atoms with Crippen LogP contribution in [0, 0.1) is 12.8 Å². The summed E-state index contributed by atoms with van der Waals surface area (Å²) in [7, 11) is 0. The number of rotatable bonds is 4. The minimum Gasteiger partial charge on any atom is -0.262 e. The third kappa shape index (κ3) is 3.54. The molecule has 142 valence electrons. The average molecular weight is 378 g/mol. The predicted molar refractivity (Wildman–Crippen MR) is 115 cm³/mol. The first kappa shape index (κ1) is 17.7. The zero-order valence-corrected chi connectivity index (χ0v) is 16.6. The Balaban J connectivity index is 1.71. The van der Waals surface area contributed by atoms with E-state index in [0.29, 0.717) is 23.5 Å². The van der Waals surface area contributed by atoms with Crippen LogP contribution >= 0.6 is 0 Å². The summed E-state index contributed by atoms with van der Waals surface area (Å²) in [5, 5.41) is 0. The third-order valence-electron chi connectivity index (χ3n) is 5.53. The standard InChI is InChI=1S/C25H22N4/c1-16-14-22(16)20-10-6-7-11-21(20)25-28-23(18-8-4-3-5-9-18)27-24(29-25)19-12-13-26-17(2)15-19/h3-13,15-16,22H,14H2,1-2H3/t16?,22-/m0/s1. The summed E-state index contributed by atoms with van der Waals surface area (Å²) in [5.74, 6) is 3.42. The lowest BCUT2D eigenvalue weighted by Gasteiger charge is -2.11. The molecule has 5 rings (SSSR count). The quantitative estimate of drug-likeness (QED) is 0.457. The fraction of sp³-hybridized carbons (Fsp3) is 0.200. The van der Waals surface area contributed by atoms with Crippen molar-refractivity contribution in [1.82, 2.24) is 19.9 Å². The molecule has 0 N–H and O–H groups in total. The van der Waals surface area contributed by atoms with E-state index in [4.69, 9.17) is 15.0 Å². The smallest absolute Gasteiger partial charge is 0.164 e. The average Bonchev–Trinajstić information content (AvgIpc) is 3.50. The van der Waals surface area contributed by atoms with Crippen LogP contribution in [-0.2, 0) is 0 Å². The van der Waals surface area contributed by atoms with Crippen molar-refractivity contribution in [3.05, 3.63) is 84.2 Å².